The normalized spacial score (nSPS) is 10.3. The van der Waals surface area contributed by atoms with Crippen LogP contribution in [0.3, 0.4) is 0 Å². The van der Waals surface area contributed by atoms with Gasteiger partial charge in [-0.15, -0.1) is 5.10 Å². The van der Waals surface area contributed by atoms with Crippen LogP contribution in [0.5, 0.6) is 0 Å². The van der Waals surface area contributed by atoms with Crippen molar-refractivity contribution in [2.45, 2.75) is 5.16 Å². The van der Waals surface area contributed by atoms with Gasteiger partial charge in [-0.1, -0.05) is 35.5 Å². The van der Waals surface area contributed by atoms with Crippen LogP contribution < -0.4 is 0 Å². The predicted molar refractivity (Wildman–Crippen MR) is 69.6 cm³/mol. The maximum atomic E-state index is 11.0. The zero-order valence-electron chi connectivity index (χ0n) is 9.51. The Labute approximate surface area is 113 Å². The number of rotatable bonds is 4. The molecule has 0 aliphatic rings. The second-order valence-electron chi connectivity index (χ2n) is 3.31. The molecule has 2 rings (SSSR count). The average molecular weight is 284 g/mol. The third kappa shape index (κ3) is 3.02. The molecule has 1 heterocycles. The number of carbonyl (C=O) groups is 1. The fourth-order valence-corrected chi connectivity index (χ4v) is 2.12. The largest absolute Gasteiger partial charge is 0.468 e. The Bertz CT molecular complexity index is 559. The molecule has 0 amide bonds. The molecule has 0 aliphatic heterocycles. The topological polar surface area (TPSA) is 67.9 Å². The van der Waals surface area contributed by atoms with Crippen LogP contribution in [0.15, 0.2) is 29.4 Å². The fraction of sp³-hybridized carbons (Fsp3) is 0.182. The molecular weight excluding hydrogens is 274 g/mol. The molecule has 94 valence electrons. The van der Waals surface area contributed by atoms with Gasteiger partial charge in [0.15, 0.2) is 5.82 Å². The van der Waals surface area contributed by atoms with E-state index in [1.165, 1.54) is 18.9 Å². The lowest BCUT2D eigenvalue weighted by atomic mass is 10.2. The highest BCUT2D eigenvalue weighted by Crippen LogP contribution is 2.25. The maximum absolute atomic E-state index is 11.0. The van der Waals surface area contributed by atoms with Gasteiger partial charge in [0.05, 0.1) is 17.9 Å². The van der Waals surface area contributed by atoms with Crippen molar-refractivity contribution in [3.63, 3.8) is 0 Å². The lowest BCUT2D eigenvalue weighted by Gasteiger charge is -1.97. The number of ether oxygens (including phenoxy) is 1. The molecule has 0 atom stereocenters. The van der Waals surface area contributed by atoms with Gasteiger partial charge in [0.1, 0.15) is 0 Å². The number of thioether (sulfide) groups is 1. The monoisotopic (exact) mass is 283 g/mol. The summed E-state index contributed by atoms with van der Waals surface area (Å²) in [5.41, 5.74) is 0.775. The molecule has 18 heavy (non-hydrogen) atoms. The van der Waals surface area contributed by atoms with Gasteiger partial charge in [0.2, 0.25) is 5.16 Å². The highest BCUT2D eigenvalue weighted by molar-refractivity contribution is 7.99. The van der Waals surface area contributed by atoms with Crippen molar-refractivity contribution in [3.05, 3.63) is 29.3 Å². The van der Waals surface area contributed by atoms with Gasteiger partial charge in [-0.25, -0.2) is 4.98 Å². The third-order valence-corrected chi connectivity index (χ3v) is 3.29. The van der Waals surface area contributed by atoms with Crippen LogP contribution in [-0.4, -0.2) is 34.0 Å². The number of nitrogens with zero attached hydrogens (tertiary/aromatic N) is 2. The minimum Gasteiger partial charge on any atom is -0.468 e. The maximum Gasteiger partial charge on any atom is 0.316 e. The Morgan fingerprint density at radius 2 is 2.28 bits per heavy atom. The van der Waals surface area contributed by atoms with Gasteiger partial charge in [-0.2, -0.15) is 0 Å². The molecule has 1 aromatic carbocycles. The van der Waals surface area contributed by atoms with E-state index in [0.29, 0.717) is 16.0 Å². The van der Waals surface area contributed by atoms with Gasteiger partial charge in [-0.3, -0.25) is 9.89 Å². The Morgan fingerprint density at radius 1 is 1.50 bits per heavy atom. The highest BCUT2D eigenvalue weighted by Gasteiger charge is 2.10. The smallest absolute Gasteiger partial charge is 0.316 e. The lowest BCUT2D eigenvalue weighted by molar-refractivity contribution is -0.137. The van der Waals surface area contributed by atoms with Crippen molar-refractivity contribution in [1.29, 1.82) is 0 Å². The standard InChI is InChI=1S/C11H10ClN3O2S/c1-17-9(16)6-18-11-13-10(14-15-11)7-4-2-3-5-8(7)12/h2-5H,6H2,1H3,(H,13,14,15). The van der Waals surface area contributed by atoms with E-state index >= 15 is 0 Å². The van der Waals surface area contributed by atoms with Crippen LogP contribution in [0.4, 0.5) is 0 Å². The number of aromatic amines is 1. The van der Waals surface area contributed by atoms with E-state index in [1.54, 1.807) is 6.07 Å². The SMILES string of the molecule is COC(=O)CSc1n[nH]c(-c2ccccc2Cl)n1. The second kappa shape index (κ2) is 5.88. The van der Waals surface area contributed by atoms with E-state index in [4.69, 9.17) is 11.6 Å². The molecule has 7 heteroatoms. The fourth-order valence-electron chi connectivity index (χ4n) is 1.27. The van der Waals surface area contributed by atoms with Crippen LogP contribution in [0.1, 0.15) is 0 Å². The quantitative estimate of drug-likeness (QED) is 0.689. The highest BCUT2D eigenvalue weighted by atomic mass is 35.5. The van der Waals surface area contributed by atoms with Gasteiger partial charge in [0.25, 0.3) is 0 Å². The van der Waals surface area contributed by atoms with E-state index in [-0.39, 0.29) is 11.7 Å². The van der Waals surface area contributed by atoms with E-state index in [2.05, 4.69) is 19.9 Å². The molecule has 0 aliphatic carbocycles. The van der Waals surface area contributed by atoms with Gasteiger partial charge < -0.3 is 4.74 Å². The van der Waals surface area contributed by atoms with Crippen molar-refractivity contribution in [2.75, 3.05) is 12.9 Å². The number of carbonyl (C=O) groups excluding carboxylic acids is 1. The molecule has 0 radical (unpaired) electrons. The zero-order chi connectivity index (χ0) is 13.0. The minimum absolute atomic E-state index is 0.177. The number of hydrogen-bond donors (Lipinski definition) is 1. The van der Waals surface area contributed by atoms with E-state index in [1.807, 2.05) is 18.2 Å². The molecule has 2 aromatic rings. The first-order valence-corrected chi connectivity index (χ1v) is 6.44. The Balaban J connectivity index is 2.11. The Kier molecular flexibility index (Phi) is 4.22. The first-order valence-electron chi connectivity index (χ1n) is 5.07. The van der Waals surface area contributed by atoms with Crippen molar-refractivity contribution in [3.8, 4) is 11.4 Å². The summed E-state index contributed by atoms with van der Waals surface area (Å²) in [4.78, 5) is 15.2. The summed E-state index contributed by atoms with van der Waals surface area (Å²) in [6, 6.07) is 7.33. The van der Waals surface area contributed by atoms with Crippen molar-refractivity contribution in [2.24, 2.45) is 0 Å². The van der Waals surface area contributed by atoms with E-state index in [9.17, 15) is 4.79 Å². The minimum atomic E-state index is -0.316. The van der Waals surface area contributed by atoms with Crippen LogP contribution in [0, 0.1) is 0 Å². The first-order chi connectivity index (χ1) is 8.70. The number of H-pyrrole nitrogens is 1. The van der Waals surface area contributed by atoms with Crippen molar-refractivity contribution in [1.82, 2.24) is 15.2 Å². The molecule has 0 unspecified atom stereocenters. The number of hydrogen-bond acceptors (Lipinski definition) is 5. The number of esters is 1. The zero-order valence-corrected chi connectivity index (χ0v) is 11.1. The molecule has 5 nitrogen and oxygen atoms in total. The molecular formula is C11H10ClN3O2S. The van der Waals surface area contributed by atoms with E-state index in [0.717, 1.165) is 5.56 Å². The predicted octanol–water partition coefficient (Wildman–Crippen LogP) is 2.39. The molecule has 0 saturated heterocycles. The van der Waals surface area contributed by atoms with E-state index < -0.39 is 0 Å². The molecule has 0 fully saturated rings. The van der Waals surface area contributed by atoms with Crippen LogP contribution in [0.25, 0.3) is 11.4 Å². The summed E-state index contributed by atoms with van der Waals surface area (Å²) in [5.74, 6) is 0.438. The summed E-state index contributed by atoms with van der Waals surface area (Å²) in [6.07, 6.45) is 0. The number of benzene rings is 1. The lowest BCUT2D eigenvalue weighted by Crippen LogP contribution is -2.03. The molecule has 0 spiro atoms. The van der Waals surface area contributed by atoms with Gasteiger partial charge >= 0.3 is 5.97 Å². The number of methoxy groups -OCH3 is 1. The molecule has 0 bridgehead atoms. The first kappa shape index (κ1) is 12.9. The Morgan fingerprint density at radius 3 is 3.00 bits per heavy atom. The van der Waals surface area contributed by atoms with Crippen LogP contribution >= 0.6 is 23.4 Å². The summed E-state index contributed by atoms with van der Waals surface area (Å²) in [6.45, 7) is 0. The van der Waals surface area contributed by atoms with Gasteiger partial charge in [0, 0.05) is 5.56 Å². The van der Waals surface area contributed by atoms with Crippen LogP contribution in [-0.2, 0) is 9.53 Å². The molecule has 0 saturated carbocycles. The number of aromatic nitrogens is 3. The molecule has 1 aromatic heterocycles. The number of nitrogens with one attached hydrogen (secondary N) is 1. The number of halogens is 1. The summed E-state index contributed by atoms with van der Waals surface area (Å²) in [7, 11) is 1.34. The van der Waals surface area contributed by atoms with Crippen molar-refractivity contribution >= 4 is 29.3 Å². The Hall–Kier alpha value is -1.53. The second-order valence-corrected chi connectivity index (χ2v) is 4.66. The third-order valence-electron chi connectivity index (χ3n) is 2.14. The average Bonchev–Trinajstić information content (AvgIpc) is 2.85. The molecule has 1 N–H and O–H groups in total. The van der Waals surface area contributed by atoms with Gasteiger partial charge in [-0.05, 0) is 12.1 Å². The summed E-state index contributed by atoms with van der Waals surface area (Å²) >= 11 is 7.25. The summed E-state index contributed by atoms with van der Waals surface area (Å²) in [5, 5.41) is 7.86. The van der Waals surface area contributed by atoms with Crippen molar-refractivity contribution < 1.29 is 9.53 Å². The summed E-state index contributed by atoms with van der Waals surface area (Å²) < 4.78 is 4.54. The van der Waals surface area contributed by atoms with Crippen LogP contribution in [0.2, 0.25) is 5.02 Å².